The Kier molecular flexibility index (Phi) is 5.63. The molecule has 1 atom stereocenters. The fourth-order valence-electron chi connectivity index (χ4n) is 3.08. The molecule has 2 aromatic heterocycles. The summed E-state index contributed by atoms with van der Waals surface area (Å²) in [4.78, 5) is 31.0. The number of carboxylic acid groups (broad SMARTS) is 1. The second-order valence-corrected chi connectivity index (χ2v) is 7.77. The summed E-state index contributed by atoms with van der Waals surface area (Å²) in [6, 6.07) is 4.08. The van der Waals surface area contributed by atoms with Crippen LogP contribution in [-0.2, 0) is 16.0 Å². The van der Waals surface area contributed by atoms with Crippen LogP contribution < -0.4 is 0 Å². The molecule has 1 aliphatic rings. The van der Waals surface area contributed by atoms with Gasteiger partial charge in [0.25, 0.3) is 0 Å². The zero-order valence-corrected chi connectivity index (χ0v) is 14.9. The molecule has 1 aliphatic heterocycles. The lowest BCUT2D eigenvalue weighted by molar-refractivity contribution is -0.139. The molecule has 0 saturated carbocycles. The number of nitrogens with zero attached hydrogens (tertiary/aromatic N) is 2. The van der Waals surface area contributed by atoms with Crippen molar-refractivity contribution in [2.24, 2.45) is 0 Å². The van der Waals surface area contributed by atoms with Gasteiger partial charge in [0.15, 0.2) is 0 Å². The van der Waals surface area contributed by atoms with E-state index >= 15 is 0 Å². The molecule has 2 aromatic rings. The van der Waals surface area contributed by atoms with E-state index in [4.69, 9.17) is 5.11 Å². The number of hydrogen-bond donors (Lipinski definition) is 1. The van der Waals surface area contributed by atoms with E-state index in [2.05, 4.69) is 4.98 Å². The zero-order chi connectivity index (χ0) is 16.9. The monoisotopic (exact) mass is 364 g/mol. The van der Waals surface area contributed by atoms with Crippen molar-refractivity contribution in [2.75, 3.05) is 6.54 Å². The van der Waals surface area contributed by atoms with Crippen molar-refractivity contribution >= 4 is 34.6 Å². The summed E-state index contributed by atoms with van der Waals surface area (Å²) >= 11 is 3.20. The van der Waals surface area contributed by atoms with Crippen molar-refractivity contribution in [3.05, 3.63) is 28.6 Å². The van der Waals surface area contributed by atoms with Gasteiger partial charge in [0, 0.05) is 24.4 Å². The summed E-state index contributed by atoms with van der Waals surface area (Å²) in [6.45, 7) is 0.727. The van der Waals surface area contributed by atoms with Gasteiger partial charge in [0.2, 0.25) is 5.91 Å². The summed E-state index contributed by atoms with van der Waals surface area (Å²) in [5.41, 5.74) is 0.802. The molecule has 0 aromatic carbocycles. The predicted molar refractivity (Wildman–Crippen MR) is 95.4 cm³/mol. The molecule has 3 heterocycles. The van der Waals surface area contributed by atoms with E-state index in [1.54, 1.807) is 22.7 Å². The molecule has 0 bridgehead atoms. The van der Waals surface area contributed by atoms with Gasteiger partial charge in [-0.2, -0.15) is 0 Å². The first-order chi connectivity index (χ1) is 11.6. The van der Waals surface area contributed by atoms with E-state index in [1.807, 2.05) is 27.8 Å². The number of likely N-dealkylation sites (tertiary alicyclic amines) is 1. The number of hydrogen-bond acceptors (Lipinski definition) is 5. The molecule has 128 valence electrons. The van der Waals surface area contributed by atoms with Gasteiger partial charge in [-0.25, -0.2) is 4.98 Å². The first kappa shape index (κ1) is 17.1. The molecule has 24 heavy (non-hydrogen) atoms. The number of aromatic nitrogens is 1. The molecule has 0 spiro atoms. The number of aliphatic carboxylic acids is 1. The number of piperidine rings is 1. The Labute approximate surface area is 149 Å². The molecule has 1 saturated heterocycles. The van der Waals surface area contributed by atoms with Gasteiger partial charge in [-0.15, -0.1) is 22.7 Å². The third-order valence-electron chi connectivity index (χ3n) is 4.25. The summed E-state index contributed by atoms with van der Waals surface area (Å²) in [5, 5.41) is 13.8. The lowest BCUT2D eigenvalue weighted by atomic mass is 9.97. The summed E-state index contributed by atoms with van der Waals surface area (Å²) in [6.07, 6.45) is 3.91. The smallest absolute Gasteiger partial charge is 0.303 e. The van der Waals surface area contributed by atoms with Crippen molar-refractivity contribution in [1.29, 1.82) is 0 Å². The predicted octanol–water partition coefficient (Wildman–Crippen LogP) is 3.66. The second kappa shape index (κ2) is 7.90. The summed E-state index contributed by atoms with van der Waals surface area (Å²) in [7, 11) is 0. The first-order valence-electron chi connectivity index (χ1n) is 8.13. The van der Waals surface area contributed by atoms with Crippen LogP contribution in [-0.4, -0.2) is 39.5 Å². The Hall–Kier alpha value is -1.73. The third kappa shape index (κ3) is 4.21. The van der Waals surface area contributed by atoms with E-state index in [1.165, 1.54) is 0 Å². The largest absolute Gasteiger partial charge is 0.481 e. The maximum Gasteiger partial charge on any atom is 0.303 e. The average Bonchev–Trinajstić information content (AvgIpc) is 3.24. The molecular weight excluding hydrogens is 344 g/mol. The molecule has 3 rings (SSSR count). The standard InChI is InChI=1S/C17H20N2O3S2/c20-15(19-8-2-1-4-13(19)6-7-16(21)22)10-12-11-24-17(18-12)14-5-3-9-23-14/h3,5,9,11,13H,1-2,4,6-8,10H2,(H,21,22)/t13-/m0/s1. The van der Waals surface area contributed by atoms with Gasteiger partial charge < -0.3 is 10.0 Å². The van der Waals surface area contributed by atoms with Crippen LogP contribution in [0.2, 0.25) is 0 Å². The lowest BCUT2D eigenvalue weighted by Crippen LogP contribution is -2.44. The molecule has 0 radical (unpaired) electrons. The van der Waals surface area contributed by atoms with Gasteiger partial charge in [0.05, 0.1) is 17.0 Å². The van der Waals surface area contributed by atoms with Crippen LogP contribution in [0.1, 0.15) is 37.8 Å². The zero-order valence-electron chi connectivity index (χ0n) is 13.3. The maximum atomic E-state index is 12.7. The Bertz CT molecular complexity index is 697. The highest BCUT2D eigenvalue weighted by Gasteiger charge is 2.27. The Morgan fingerprint density at radius 1 is 1.33 bits per heavy atom. The minimum absolute atomic E-state index is 0.0535. The van der Waals surface area contributed by atoms with Crippen molar-refractivity contribution in [3.8, 4) is 9.88 Å². The topological polar surface area (TPSA) is 70.5 Å². The highest BCUT2D eigenvalue weighted by Crippen LogP contribution is 2.28. The van der Waals surface area contributed by atoms with Crippen LogP contribution in [0.25, 0.3) is 9.88 Å². The van der Waals surface area contributed by atoms with Crippen LogP contribution in [0.4, 0.5) is 0 Å². The van der Waals surface area contributed by atoms with Gasteiger partial charge >= 0.3 is 5.97 Å². The van der Waals surface area contributed by atoms with E-state index in [0.29, 0.717) is 12.8 Å². The number of carbonyl (C=O) groups excluding carboxylic acids is 1. The number of rotatable bonds is 6. The fourth-order valence-corrected chi connectivity index (χ4v) is 4.71. The molecule has 1 amide bonds. The molecule has 1 fully saturated rings. The van der Waals surface area contributed by atoms with Gasteiger partial charge in [-0.1, -0.05) is 6.07 Å². The summed E-state index contributed by atoms with van der Waals surface area (Å²) < 4.78 is 0. The molecular formula is C17H20N2O3S2. The maximum absolute atomic E-state index is 12.7. The molecule has 0 aliphatic carbocycles. The van der Waals surface area contributed by atoms with Crippen LogP contribution >= 0.6 is 22.7 Å². The minimum atomic E-state index is -0.798. The van der Waals surface area contributed by atoms with E-state index in [-0.39, 0.29) is 18.4 Å². The Balaban J connectivity index is 1.63. The SMILES string of the molecule is O=C(O)CC[C@@H]1CCCCN1C(=O)Cc1csc(-c2cccs2)n1. The average molecular weight is 364 g/mol. The number of thiazole rings is 1. The minimum Gasteiger partial charge on any atom is -0.481 e. The van der Waals surface area contributed by atoms with E-state index in [0.717, 1.165) is 41.4 Å². The summed E-state index contributed by atoms with van der Waals surface area (Å²) in [5.74, 6) is -0.735. The van der Waals surface area contributed by atoms with E-state index in [9.17, 15) is 9.59 Å². The molecule has 7 heteroatoms. The molecule has 5 nitrogen and oxygen atoms in total. The quantitative estimate of drug-likeness (QED) is 0.849. The number of thiophene rings is 1. The van der Waals surface area contributed by atoms with Gasteiger partial charge in [-0.05, 0) is 37.1 Å². The fraction of sp³-hybridized carbons (Fsp3) is 0.471. The van der Waals surface area contributed by atoms with Gasteiger partial charge in [0.1, 0.15) is 5.01 Å². The van der Waals surface area contributed by atoms with E-state index < -0.39 is 5.97 Å². The van der Waals surface area contributed by atoms with Crippen LogP contribution in [0.5, 0.6) is 0 Å². The van der Waals surface area contributed by atoms with Crippen LogP contribution in [0.15, 0.2) is 22.9 Å². The lowest BCUT2D eigenvalue weighted by Gasteiger charge is -2.35. The highest BCUT2D eigenvalue weighted by atomic mass is 32.1. The first-order valence-corrected chi connectivity index (χ1v) is 9.89. The highest BCUT2D eigenvalue weighted by molar-refractivity contribution is 7.20. The van der Waals surface area contributed by atoms with Crippen molar-refractivity contribution in [3.63, 3.8) is 0 Å². The van der Waals surface area contributed by atoms with Crippen molar-refractivity contribution in [2.45, 2.75) is 44.6 Å². The normalized spacial score (nSPS) is 17.8. The molecule has 1 N–H and O–H groups in total. The van der Waals surface area contributed by atoms with Gasteiger partial charge in [-0.3, -0.25) is 9.59 Å². The number of amides is 1. The Morgan fingerprint density at radius 2 is 2.21 bits per heavy atom. The van der Waals surface area contributed by atoms with Crippen LogP contribution in [0, 0.1) is 0 Å². The third-order valence-corrected chi connectivity index (χ3v) is 6.19. The van der Waals surface area contributed by atoms with Crippen LogP contribution in [0.3, 0.4) is 0 Å². The van der Waals surface area contributed by atoms with Crippen molar-refractivity contribution < 1.29 is 14.7 Å². The Morgan fingerprint density at radius 3 is 2.96 bits per heavy atom. The van der Waals surface area contributed by atoms with Crippen molar-refractivity contribution in [1.82, 2.24) is 9.88 Å². The molecule has 0 unspecified atom stereocenters. The second-order valence-electron chi connectivity index (χ2n) is 5.97. The number of carbonyl (C=O) groups is 2. The number of carboxylic acids is 1.